The van der Waals surface area contributed by atoms with Crippen LogP contribution < -0.4 is 0 Å². The molecule has 0 bridgehead atoms. The highest BCUT2D eigenvalue weighted by Crippen LogP contribution is 2.32. The molecule has 2 aromatic carbocycles. The van der Waals surface area contributed by atoms with E-state index in [4.69, 9.17) is 0 Å². The molecule has 0 saturated carbocycles. The van der Waals surface area contributed by atoms with Crippen LogP contribution in [0.2, 0.25) is 0 Å². The standard InChI is InChI=1S/C16H13NO2S2/c1-12-7-9-13(10-8-12)16-15(11-20-17-16)21(18,19)14-5-3-2-4-6-14/h2-11H,1H3. The van der Waals surface area contributed by atoms with Gasteiger partial charge < -0.3 is 0 Å². The van der Waals surface area contributed by atoms with Crippen molar-refractivity contribution < 1.29 is 8.42 Å². The number of aromatic nitrogens is 1. The molecule has 106 valence electrons. The van der Waals surface area contributed by atoms with Crippen LogP contribution in [0.1, 0.15) is 5.56 Å². The first-order valence-electron chi connectivity index (χ1n) is 6.40. The van der Waals surface area contributed by atoms with Crippen molar-refractivity contribution >= 4 is 21.4 Å². The molecule has 0 amide bonds. The van der Waals surface area contributed by atoms with E-state index in [1.165, 1.54) is 0 Å². The van der Waals surface area contributed by atoms with Crippen molar-refractivity contribution in [2.24, 2.45) is 0 Å². The van der Waals surface area contributed by atoms with E-state index in [9.17, 15) is 8.42 Å². The normalized spacial score (nSPS) is 11.5. The molecule has 0 aliphatic heterocycles. The molecule has 0 fully saturated rings. The number of aryl methyl sites for hydroxylation is 1. The Hall–Kier alpha value is -1.98. The number of hydrogen-bond donors (Lipinski definition) is 0. The van der Waals surface area contributed by atoms with E-state index < -0.39 is 9.84 Å². The van der Waals surface area contributed by atoms with Gasteiger partial charge in [-0.2, -0.15) is 4.37 Å². The maximum absolute atomic E-state index is 12.7. The van der Waals surface area contributed by atoms with E-state index in [0.29, 0.717) is 10.6 Å². The van der Waals surface area contributed by atoms with E-state index >= 15 is 0 Å². The van der Waals surface area contributed by atoms with Crippen LogP contribution in [0.15, 0.2) is 69.8 Å². The van der Waals surface area contributed by atoms with Gasteiger partial charge in [0.25, 0.3) is 0 Å². The molecular weight excluding hydrogens is 302 g/mol. The van der Waals surface area contributed by atoms with Crippen molar-refractivity contribution in [1.82, 2.24) is 4.37 Å². The minimum atomic E-state index is -3.54. The molecule has 1 heterocycles. The Morgan fingerprint density at radius 1 is 0.952 bits per heavy atom. The first-order valence-corrected chi connectivity index (χ1v) is 8.72. The second-order valence-corrected chi connectivity index (χ2v) is 7.26. The average molecular weight is 315 g/mol. The monoisotopic (exact) mass is 315 g/mol. The van der Waals surface area contributed by atoms with Gasteiger partial charge in [-0.25, -0.2) is 8.42 Å². The Morgan fingerprint density at radius 2 is 1.62 bits per heavy atom. The molecule has 3 aromatic rings. The van der Waals surface area contributed by atoms with Crippen LogP contribution in [0.4, 0.5) is 0 Å². The van der Waals surface area contributed by atoms with Gasteiger partial charge in [-0.1, -0.05) is 48.0 Å². The number of benzene rings is 2. The van der Waals surface area contributed by atoms with Crippen molar-refractivity contribution in [3.8, 4) is 11.3 Å². The summed E-state index contributed by atoms with van der Waals surface area (Å²) in [7, 11) is -3.54. The highest BCUT2D eigenvalue weighted by molar-refractivity contribution is 7.91. The third kappa shape index (κ3) is 2.62. The minimum Gasteiger partial charge on any atom is -0.218 e. The van der Waals surface area contributed by atoms with Crippen LogP contribution in [0.3, 0.4) is 0 Å². The maximum atomic E-state index is 12.7. The van der Waals surface area contributed by atoms with Crippen LogP contribution in [-0.2, 0) is 9.84 Å². The van der Waals surface area contributed by atoms with E-state index in [-0.39, 0.29) is 4.90 Å². The van der Waals surface area contributed by atoms with Gasteiger partial charge in [0.05, 0.1) is 4.90 Å². The van der Waals surface area contributed by atoms with Crippen LogP contribution in [0.5, 0.6) is 0 Å². The van der Waals surface area contributed by atoms with Gasteiger partial charge in [0.1, 0.15) is 10.6 Å². The van der Waals surface area contributed by atoms with Gasteiger partial charge in [-0.15, -0.1) is 0 Å². The largest absolute Gasteiger partial charge is 0.218 e. The summed E-state index contributed by atoms with van der Waals surface area (Å²) in [5, 5.41) is 1.59. The smallest absolute Gasteiger partial charge is 0.209 e. The second-order valence-electron chi connectivity index (χ2n) is 4.71. The quantitative estimate of drug-likeness (QED) is 0.735. The molecule has 1 aromatic heterocycles. The summed E-state index contributed by atoms with van der Waals surface area (Å²) in [6.07, 6.45) is 0. The van der Waals surface area contributed by atoms with Gasteiger partial charge in [0.2, 0.25) is 9.84 Å². The molecule has 21 heavy (non-hydrogen) atoms. The number of nitrogens with zero attached hydrogens (tertiary/aromatic N) is 1. The molecule has 0 spiro atoms. The average Bonchev–Trinajstić information content (AvgIpc) is 2.99. The van der Waals surface area contributed by atoms with Gasteiger partial charge in [0.15, 0.2) is 0 Å². The lowest BCUT2D eigenvalue weighted by atomic mass is 10.1. The van der Waals surface area contributed by atoms with E-state index in [2.05, 4.69) is 4.37 Å². The zero-order valence-electron chi connectivity index (χ0n) is 11.4. The molecule has 5 heteroatoms. The molecule has 3 nitrogen and oxygen atoms in total. The first kappa shape index (κ1) is 14.0. The molecule has 3 rings (SSSR count). The zero-order valence-corrected chi connectivity index (χ0v) is 13.0. The fourth-order valence-corrected chi connectivity index (χ4v) is 4.50. The van der Waals surface area contributed by atoms with Crippen LogP contribution in [-0.4, -0.2) is 12.8 Å². The molecule has 0 N–H and O–H groups in total. The van der Waals surface area contributed by atoms with Crippen molar-refractivity contribution in [3.63, 3.8) is 0 Å². The SMILES string of the molecule is Cc1ccc(-c2nscc2S(=O)(=O)c2ccccc2)cc1. The number of rotatable bonds is 3. The van der Waals surface area contributed by atoms with Gasteiger partial charge in [-0.3, -0.25) is 0 Å². The van der Waals surface area contributed by atoms with Crippen molar-refractivity contribution in [2.45, 2.75) is 16.7 Å². The van der Waals surface area contributed by atoms with Crippen LogP contribution in [0.25, 0.3) is 11.3 Å². The van der Waals surface area contributed by atoms with E-state index in [1.54, 1.807) is 35.7 Å². The highest BCUT2D eigenvalue weighted by Gasteiger charge is 2.23. The topological polar surface area (TPSA) is 47.0 Å². The summed E-state index contributed by atoms with van der Waals surface area (Å²) in [6, 6.07) is 16.1. The summed E-state index contributed by atoms with van der Waals surface area (Å²) in [5.41, 5.74) is 2.46. The van der Waals surface area contributed by atoms with Gasteiger partial charge >= 0.3 is 0 Å². The van der Waals surface area contributed by atoms with Gasteiger partial charge in [-0.05, 0) is 30.6 Å². The molecule has 0 aliphatic rings. The van der Waals surface area contributed by atoms with Crippen molar-refractivity contribution in [2.75, 3.05) is 0 Å². The minimum absolute atomic E-state index is 0.266. The highest BCUT2D eigenvalue weighted by atomic mass is 32.2. The van der Waals surface area contributed by atoms with Crippen molar-refractivity contribution in [3.05, 3.63) is 65.5 Å². The van der Waals surface area contributed by atoms with Gasteiger partial charge in [0, 0.05) is 10.9 Å². The predicted octanol–water partition coefficient (Wildman–Crippen LogP) is 3.95. The molecule has 0 aliphatic carbocycles. The fraction of sp³-hybridized carbons (Fsp3) is 0.0625. The third-order valence-corrected chi connectivity index (χ3v) is 5.77. The third-order valence-electron chi connectivity index (χ3n) is 3.21. The second kappa shape index (κ2) is 5.42. The van der Waals surface area contributed by atoms with Crippen LogP contribution in [0, 0.1) is 6.92 Å². The Kier molecular flexibility index (Phi) is 3.61. The predicted molar refractivity (Wildman–Crippen MR) is 84.2 cm³/mol. The fourth-order valence-electron chi connectivity index (χ4n) is 2.05. The lowest BCUT2D eigenvalue weighted by molar-refractivity contribution is 0.596. The summed E-state index contributed by atoms with van der Waals surface area (Å²) in [6.45, 7) is 1.99. The summed E-state index contributed by atoms with van der Waals surface area (Å²) in [4.78, 5) is 0.557. The molecule has 0 unspecified atom stereocenters. The van der Waals surface area contributed by atoms with E-state index in [1.807, 2.05) is 31.2 Å². The Morgan fingerprint density at radius 3 is 2.29 bits per heavy atom. The number of hydrogen-bond acceptors (Lipinski definition) is 4. The molecule has 0 radical (unpaired) electrons. The first-order chi connectivity index (χ1) is 10.1. The summed E-state index contributed by atoms with van der Waals surface area (Å²) >= 11 is 1.16. The number of sulfone groups is 1. The zero-order chi connectivity index (χ0) is 14.9. The lowest BCUT2D eigenvalue weighted by Crippen LogP contribution is -2.02. The van der Waals surface area contributed by atoms with Crippen LogP contribution >= 0.6 is 11.5 Å². The Labute approximate surface area is 128 Å². The molecular formula is C16H13NO2S2. The molecule has 0 saturated heterocycles. The molecule has 0 atom stereocenters. The van der Waals surface area contributed by atoms with Crippen molar-refractivity contribution in [1.29, 1.82) is 0 Å². The Bertz CT molecular complexity index is 851. The Balaban J connectivity index is 2.13. The van der Waals surface area contributed by atoms with E-state index in [0.717, 1.165) is 22.7 Å². The maximum Gasteiger partial charge on any atom is 0.209 e. The lowest BCUT2D eigenvalue weighted by Gasteiger charge is -2.05. The summed E-state index contributed by atoms with van der Waals surface area (Å²) < 4.78 is 29.7. The summed E-state index contributed by atoms with van der Waals surface area (Å²) in [5.74, 6) is 0.